The van der Waals surface area contributed by atoms with Crippen LogP contribution in [0, 0.1) is 14.9 Å². The summed E-state index contributed by atoms with van der Waals surface area (Å²) in [5, 5.41) is 12.4. The van der Waals surface area contributed by atoms with Crippen LogP contribution in [0.4, 0.5) is 5.69 Å². The van der Waals surface area contributed by atoms with Gasteiger partial charge in [-0.1, -0.05) is 12.1 Å². The summed E-state index contributed by atoms with van der Waals surface area (Å²) in [6.07, 6.45) is 1.67. The number of aromatic nitrogens is 2. The van der Waals surface area contributed by atoms with Gasteiger partial charge in [-0.15, -0.1) is 0 Å². The van der Waals surface area contributed by atoms with Gasteiger partial charge in [0.1, 0.15) is 11.6 Å². The number of hydrogen-bond donors (Lipinski definition) is 2. The number of aromatic amines is 1. The first kappa shape index (κ1) is 13.6. The van der Waals surface area contributed by atoms with Gasteiger partial charge in [-0.3, -0.25) is 0 Å². The van der Waals surface area contributed by atoms with Crippen LogP contribution >= 0.6 is 22.6 Å². The average Bonchev–Trinajstić information content (AvgIpc) is 2.93. The second-order valence-electron chi connectivity index (χ2n) is 4.42. The van der Waals surface area contributed by atoms with E-state index in [4.69, 9.17) is 0 Å². The quantitative estimate of drug-likeness (QED) is 0.525. The SMILES string of the molecule is N#C/C(=C\Nc1ccc(I)cc1)c1nc2ccccc2[nH]1. The molecule has 0 radical (unpaired) electrons. The van der Waals surface area contributed by atoms with Crippen LogP contribution in [0.3, 0.4) is 0 Å². The second-order valence-corrected chi connectivity index (χ2v) is 5.67. The van der Waals surface area contributed by atoms with Crippen LogP contribution in [0.2, 0.25) is 0 Å². The van der Waals surface area contributed by atoms with E-state index in [9.17, 15) is 5.26 Å². The lowest BCUT2D eigenvalue weighted by Crippen LogP contribution is -1.92. The van der Waals surface area contributed by atoms with Crippen molar-refractivity contribution in [2.24, 2.45) is 0 Å². The lowest BCUT2D eigenvalue weighted by Gasteiger charge is -2.01. The smallest absolute Gasteiger partial charge is 0.150 e. The topological polar surface area (TPSA) is 64.5 Å². The molecule has 0 bridgehead atoms. The maximum atomic E-state index is 9.31. The Morgan fingerprint density at radius 2 is 1.95 bits per heavy atom. The molecule has 2 N–H and O–H groups in total. The number of benzene rings is 2. The van der Waals surface area contributed by atoms with Crippen LogP contribution in [0.5, 0.6) is 0 Å². The molecule has 0 atom stereocenters. The highest BCUT2D eigenvalue weighted by molar-refractivity contribution is 14.1. The normalized spacial score (nSPS) is 11.3. The van der Waals surface area contributed by atoms with Crippen LogP contribution in [0.15, 0.2) is 54.7 Å². The third-order valence-electron chi connectivity index (χ3n) is 2.99. The number of rotatable bonds is 3. The van der Waals surface area contributed by atoms with Crippen molar-refractivity contribution < 1.29 is 0 Å². The van der Waals surface area contributed by atoms with E-state index in [1.54, 1.807) is 6.20 Å². The summed E-state index contributed by atoms with van der Waals surface area (Å²) in [7, 11) is 0. The van der Waals surface area contributed by atoms with Crippen molar-refractivity contribution in [1.29, 1.82) is 5.26 Å². The minimum atomic E-state index is 0.463. The molecule has 0 aliphatic heterocycles. The first-order chi connectivity index (χ1) is 10.3. The highest BCUT2D eigenvalue weighted by atomic mass is 127. The Bertz CT molecular complexity index is 808. The Morgan fingerprint density at radius 1 is 1.19 bits per heavy atom. The van der Waals surface area contributed by atoms with E-state index in [0.29, 0.717) is 11.4 Å². The zero-order valence-electron chi connectivity index (χ0n) is 11.0. The van der Waals surface area contributed by atoms with Gasteiger partial charge in [-0.05, 0) is 59.0 Å². The summed E-state index contributed by atoms with van der Waals surface area (Å²) in [4.78, 5) is 7.57. The third-order valence-corrected chi connectivity index (χ3v) is 3.71. The van der Waals surface area contributed by atoms with Gasteiger partial charge < -0.3 is 10.3 Å². The van der Waals surface area contributed by atoms with Crippen molar-refractivity contribution in [2.75, 3.05) is 5.32 Å². The van der Waals surface area contributed by atoms with E-state index >= 15 is 0 Å². The number of fused-ring (bicyclic) bond motifs is 1. The standard InChI is InChI=1S/C16H11IN4/c17-12-5-7-13(8-6-12)19-10-11(9-18)16-20-14-3-1-2-4-15(14)21-16/h1-8,10,19H,(H,20,21)/b11-10+. The minimum absolute atomic E-state index is 0.463. The Kier molecular flexibility index (Phi) is 3.88. The molecule has 2 aromatic carbocycles. The van der Waals surface area contributed by atoms with Gasteiger partial charge in [-0.2, -0.15) is 5.26 Å². The van der Waals surface area contributed by atoms with E-state index in [0.717, 1.165) is 16.7 Å². The average molecular weight is 386 g/mol. The molecule has 0 unspecified atom stereocenters. The summed E-state index contributed by atoms with van der Waals surface area (Å²) in [6, 6.07) is 17.8. The van der Waals surface area contributed by atoms with Gasteiger partial charge in [0, 0.05) is 15.5 Å². The highest BCUT2D eigenvalue weighted by Gasteiger charge is 2.06. The van der Waals surface area contributed by atoms with Gasteiger partial charge in [0.25, 0.3) is 0 Å². The molecular weight excluding hydrogens is 375 g/mol. The number of nitrogens with one attached hydrogen (secondary N) is 2. The Hall–Kier alpha value is -2.33. The van der Waals surface area contributed by atoms with E-state index in [2.05, 4.69) is 43.9 Å². The number of imidazole rings is 1. The van der Waals surface area contributed by atoms with Crippen molar-refractivity contribution >= 4 is 44.9 Å². The Labute approximate surface area is 135 Å². The fourth-order valence-corrected chi connectivity index (χ4v) is 2.30. The first-order valence-corrected chi connectivity index (χ1v) is 7.41. The van der Waals surface area contributed by atoms with Crippen molar-refractivity contribution in [3.05, 3.63) is 64.1 Å². The van der Waals surface area contributed by atoms with Crippen molar-refractivity contribution in [3.63, 3.8) is 0 Å². The zero-order valence-corrected chi connectivity index (χ0v) is 13.1. The van der Waals surface area contributed by atoms with Crippen LogP contribution in [0.1, 0.15) is 5.82 Å². The van der Waals surface area contributed by atoms with E-state index in [1.165, 1.54) is 3.57 Å². The Balaban J connectivity index is 1.89. The monoisotopic (exact) mass is 386 g/mol. The third kappa shape index (κ3) is 3.06. The molecule has 1 aromatic heterocycles. The van der Waals surface area contributed by atoms with Crippen LogP contribution in [-0.4, -0.2) is 9.97 Å². The maximum absolute atomic E-state index is 9.31. The summed E-state index contributed by atoms with van der Waals surface area (Å²) in [6.45, 7) is 0. The van der Waals surface area contributed by atoms with E-state index < -0.39 is 0 Å². The van der Waals surface area contributed by atoms with Crippen molar-refractivity contribution in [1.82, 2.24) is 9.97 Å². The fourth-order valence-electron chi connectivity index (χ4n) is 1.94. The second kappa shape index (κ2) is 5.97. The predicted octanol–water partition coefficient (Wildman–Crippen LogP) is 4.14. The molecule has 1 heterocycles. The van der Waals surface area contributed by atoms with Crippen LogP contribution in [-0.2, 0) is 0 Å². The summed E-state index contributed by atoms with van der Waals surface area (Å²) >= 11 is 2.25. The largest absolute Gasteiger partial charge is 0.360 e. The number of nitriles is 1. The van der Waals surface area contributed by atoms with Crippen LogP contribution < -0.4 is 5.32 Å². The molecule has 0 spiro atoms. The molecule has 21 heavy (non-hydrogen) atoms. The molecule has 3 aromatic rings. The minimum Gasteiger partial charge on any atom is -0.360 e. The molecule has 3 rings (SSSR count). The van der Waals surface area contributed by atoms with Crippen molar-refractivity contribution in [3.8, 4) is 6.07 Å². The van der Waals surface area contributed by atoms with Gasteiger partial charge in [-0.25, -0.2) is 4.98 Å². The molecule has 5 heteroatoms. The maximum Gasteiger partial charge on any atom is 0.150 e. The summed E-state index contributed by atoms with van der Waals surface area (Å²) in [5.41, 5.74) is 3.16. The molecule has 0 saturated heterocycles. The van der Waals surface area contributed by atoms with Crippen molar-refractivity contribution in [2.45, 2.75) is 0 Å². The summed E-state index contributed by atoms with van der Waals surface area (Å²) < 4.78 is 1.17. The molecule has 4 nitrogen and oxygen atoms in total. The molecular formula is C16H11IN4. The summed E-state index contributed by atoms with van der Waals surface area (Å²) in [5.74, 6) is 0.566. The number of H-pyrrole nitrogens is 1. The number of nitrogens with zero attached hydrogens (tertiary/aromatic N) is 2. The lowest BCUT2D eigenvalue weighted by atomic mass is 10.3. The Morgan fingerprint density at radius 3 is 2.67 bits per heavy atom. The van der Waals surface area contributed by atoms with Gasteiger partial charge in [0.05, 0.1) is 11.0 Å². The van der Waals surface area contributed by atoms with E-state index in [-0.39, 0.29) is 0 Å². The molecule has 102 valence electrons. The number of anilines is 1. The lowest BCUT2D eigenvalue weighted by molar-refractivity contribution is 1.27. The van der Waals surface area contributed by atoms with Crippen LogP contribution in [0.25, 0.3) is 16.6 Å². The highest BCUT2D eigenvalue weighted by Crippen LogP contribution is 2.17. The van der Waals surface area contributed by atoms with Gasteiger partial charge in [0.15, 0.2) is 5.82 Å². The molecule has 0 aliphatic carbocycles. The molecule has 0 aliphatic rings. The molecule has 0 amide bonds. The van der Waals surface area contributed by atoms with E-state index in [1.807, 2.05) is 48.5 Å². The fraction of sp³-hybridized carbons (Fsp3) is 0. The molecule has 0 saturated carbocycles. The number of allylic oxidation sites excluding steroid dienone is 1. The first-order valence-electron chi connectivity index (χ1n) is 6.34. The number of hydrogen-bond acceptors (Lipinski definition) is 3. The predicted molar refractivity (Wildman–Crippen MR) is 92.5 cm³/mol. The van der Waals surface area contributed by atoms with Gasteiger partial charge >= 0.3 is 0 Å². The molecule has 0 fully saturated rings. The number of para-hydroxylation sites is 2. The zero-order chi connectivity index (χ0) is 14.7. The number of halogens is 1. The van der Waals surface area contributed by atoms with Gasteiger partial charge in [0.2, 0.25) is 0 Å².